The Bertz CT molecular complexity index is 1210. The van der Waals surface area contributed by atoms with Gasteiger partial charge in [-0.15, -0.1) is 0 Å². The number of nitrogens with one attached hydrogen (secondary N) is 1. The van der Waals surface area contributed by atoms with E-state index in [9.17, 15) is 18.0 Å². The van der Waals surface area contributed by atoms with E-state index in [1.54, 1.807) is 12.4 Å². The second-order valence-corrected chi connectivity index (χ2v) is 10.0. The molecule has 0 radical (unpaired) electrons. The van der Waals surface area contributed by atoms with Crippen LogP contribution in [0.2, 0.25) is 0 Å². The maximum Gasteiger partial charge on any atom is 0.388 e. The normalized spacial score (nSPS) is 22.3. The monoisotopic (exact) mass is 529 g/mol. The van der Waals surface area contributed by atoms with Crippen molar-refractivity contribution in [3.8, 4) is 0 Å². The van der Waals surface area contributed by atoms with Gasteiger partial charge in [0.05, 0.1) is 35.7 Å². The fourth-order valence-corrected chi connectivity index (χ4v) is 5.11. The highest BCUT2D eigenvalue weighted by Crippen LogP contribution is 2.54. The summed E-state index contributed by atoms with van der Waals surface area (Å²) in [4.78, 5) is 22.1. The lowest BCUT2D eigenvalue weighted by molar-refractivity contribution is -0.131. The Morgan fingerprint density at radius 2 is 1.95 bits per heavy atom. The van der Waals surface area contributed by atoms with Gasteiger partial charge in [0.2, 0.25) is 5.91 Å². The predicted octanol–water partition coefficient (Wildman–Crippen LogP) is 5.67. The first-order valence-corrected chi connectivity index (χ1v) is 12.8. The van der Waals surface area contributed by atoms with Crippen LogP contribution in [0.5, 0.6) is 0 Å². The number of allylic oxidation sites excluding steroid dienone is 1. The Morgan fingerprint density at radius 3 is 2.55 bits per heavy atom. The number of hydrogen-bond donors (Lipinski definition) is 1. The van der Waals surface area contributed by atoms with Gasteiger partial charge in [-0.2, -0.15) is 18.3 Å². The number of pyridine rings is 1. The molecular weight excluding hydrogens is 495 g/mol. The van der Waals surface area contributed by atoms with Crippen molar-refractivity contribution < 1.29 is 22.7 Å². The van der Waals surface area contributed by atoms with Gasteiger partial charge in [0.15, 0.2) is 0 Å². The summed E-state index contributed by atoms with van der Waals surface area (Å²) in [7, 11) is 0. The Labute approximate surface area is 221 Å². The standard InChI is InChI=1S/C25H29N5O2.C3H5F3/c1-17-14-27-28-22(17)7-6-19(3)32-20-12-25(13-20)21-8-9-26-15-23(21)30(24(25)31)16-18(2)29-10-4-5-11-29;1-2-3(4,5)6/h6-9,14-15,20H,2-5,10-13,16H2,1H3,(H,27,28);2H2,1H3/b7-6-;. The molecule has 4 heterocycles. The van der Waals surface area contributed by atoms with Gasteiger partial charge in [0.1, 0.15) is 11.9 Å². The Balaban J connectivity index is 0.000000505. The number of hydrogen-bond acceptors (Lipinski definition) is 5. The van der Waals surface area contributed by atoms with E-state index in [2.05, 4.69) is 33.2 Å². The Morgan fingerprint density at radius 1 is 1.26 bits per heavy atom. The molecule has 7 nitrogen and oxygen atoms in total. The minimum absolute atomic E-state index is 0.0401. The summed E-state index contributed by atoms with van der Waals surface area (Å²) in [6, 6.07) is 1.98. The number of amides is 1. The van der Waals surface area contributed by atoms with E-state index >= 15 is 0 Å². The number of halogens is 3. The van der Waals surface area contributed by atoms with Crippen molar-refractivity contribution in [2.24, 2.45) is 0 Å². The topological polar surface area (TPSA) is 74.3 Å². The van der Waals surface area contributed by atoms with Crippen LogP contribution in [0, 0.1) is 6.92 Å². The van der Waals surface area contributed by atoms with Crippen LogP contribution in [0.3, 0.4) is 0 Å². The van der Waals surface area contributed by atoms with Crippen LogP contribution in [0.25, 0.3) is 6.08 Å². The predicted molar refractivity (Wildman–Crippen MR) is 140 cm³/mol. The number of ether oxygens (including phenoxy) is 1. The summed E-state index contributed by atoms with van der Waals surface area (Å²) in [5.41, 5.74) is 4.43. The number of alkyl halides is 3. The maximum absolute atomic E-state index is 13.6. The average Bonchev–Trinajstić information content (AvgIpc) is 3.59. The number of nitrogens with zero attached hydrogens (tertiary/aromatic N) is 4. The molecule has 1 spiro atoms. The van der Waals surface area contributed by atoms with E-state index in [0.29, 0.717) is 25.1 Å². The number of likely N-dealkylation sites (tertiary alicyclic amines) is 1. The zero-order valence-electron chi connectivity index (χ0n) is 21.9. The van der Waals surface area contributed by atoms with E-state index in [1.165, 1.54) is 12.8 Å². The fourth-order valence-electron chi connectivity index (χ4n) is 5.11. The van der Waals surface area contributed by atoms with Crippen LogP contribution >= 0.6 is 0 Å². The lowest BCUT2D eigenvalue weighted by Gasteiger charge is -2.43. The number of aromatic amines is 1. The molecule has 1 aliphatic carbocycles. The third kappa shape index (κ3) is 5.79. The van der Waals surface area contributed by atoms with Crippen molar-refractivity contribution in [2.75, 3.05) is 24.5 Å². The zero-order chi connectivity index (χ0) is 27.5. The lowest BCUT2D eigenvalue weighted by atomic mass is 9.63. The molecule has 1 amide bonds. The summed E-state index contributed by atoms with van der Waals surface area (Å²) in [5, 5.41) is 6.95. The van der Waals surface area contributed by atoms with Crippen molar-refractivity contribution in [3.63, 3.8) is 0 Å². The fraction of sp³-hybridized carbons (Fsp3) is 0.464. The second-order valence-electron chi connectivity index (χ2n) is 10.0. The highest BCUT2D eigenvalue weighted by molar-refractivity contribution is 6.09. The highest BCUT2D eigenvalue weighted by Gasteiger charge is 2.59. The van der Waals surface area contributed by atoms with Gasteiger partial charge in [0, 0.05) is 44.2 Å². The number of carbonyl (C=O) groups is 1. The first kappa shape index (κ1) is 27.5. The molecule has 0 unspecified atom stereocenters. The number of rotatable bonds is 7. The lowest BCUT2D eigenvalue weighted by Crippen LogP contribution is -2.53. The van der Waals surface area contributed by atoms with Crippen LogP contribution in [-0.4, -0.2) is 57.9 Å². The molecule has 2 fully saturated rings. The minimum Gasteiger partial charge on any atom is -0.491 e. The molecule has 5 rings (SSSR count). The van der Waals surface area contributed by atoms with Gasteiger partial charge in [0.25, 0.3) is 0 Å². The Hall–Kier alpha value is -3.56. The molecule has 38 heavy (non-hydrogen) atoms. The number of anilines is 1. The van der Waals surface area contributed by atoms with E-state index in [4.69, 9.17) is 4.74 Å². The summed E-state index contributed by atoms with van der Waals surface area (Å²) < 4.78 is 38.4. The number of aryl methyl sites for hydroxylation is 1. The largest absolute Gasteiger partial charge is 0.491 e. The first-order chi connectivity index (χ1) is 18.0. The molecule has 2 aliphatic heterocycles. The highest BCUT2D eigenvalue weighted by atomic mass is 19.4. The maximum atomic E-state index is 13.6. The summed E-state index contributed by atoms with van der Waals surface area (Å²) in [6.07, 6.45) is 8.04. The van der Waals surface area contributed by atoms with E-state index in [-0.39, 0.29) is 12.0 Å². The molecule has 10 heteroatoms. The summed E-state index contributed by atoms with van der Waals surface area (Å²) in [5.74, 6) is 0.716. The van der Waals surface area contributed by atoms with Crippen molar-refractivity contribution in [1.82, 2.24) is 20.1 Å². The molecule has 0 bridgehead atoms. The molecule has 0 aromatic carbocycles. The number of carbonyl (C=O) groups excluding carboxylic acids is 1. The number of fused-ring (bicyclic) bond motifs is 2. The van der Waals surface area contributed by atoms with Gasteiger partial charge in [-0.1, -0.05) is 20.1 Å². The van der Waals surface area contributed by atoms with Crippen molar-refractivity contribution >= 4 is 17.7 Å². The van der Waals surface area contributed by atoms with Crippen LogP contribution in [0.15, 0.2) is 55.3 Å². The van der Waals surface area contributed by atoms with Crippen LogP contribution in [-0.2, 0) is 14.9 Å². The summed E-state index contributed by atoms with van der Waals surface area (Å²) in [6.45, 7) is 13.9. The number of H-pyrrole nitrogens is 1. The quantitative estimate of drug-likeness (QED) is 0.370. The Kier molecular flexibility index (Phi) is 7.99. The van der Waals surface area contributed by atoms with Gasteiger partial charge in [-0.05, 0) is 49.1 Å². The third-order valence-corrected chi connectivity index (χ3v) is 7.33. The number of aromatic nitrogens is 3. The smallest absolute Gasteiger partial charge is 0.388 e. The second kappa shape index (κ2) is 11.0. The van der Waals surface area contributed by atoms with Crippen LogP contribution < -0.4 is 4.90 Å². The average molecular weight is 530 g/mol. The molecule has 204 valence electrons. The third-order valence-electron chi connectivity index (χ3n) is 7.33. The van der Waals surface area contributed by atoms with Crippen molar-refractivity contribution in [2.45, 2.75) is 63.6 Å². The van der Waals surface area contributed by atoms with Crippen LogP contribution in [0.4, 0.5) is 18.9 Å². The molecule has 3 aliphatic rings. The zero-order valence-corrected chi connectivity index (χ0v) is 21.9. The molecule has 1 saturated carbocycles. The van der Waals surface area contributed by atoms with Gasteiger partial charge < -0.3 is 14.5 Å². The molecule has 0 atom stereocenters. The van der Waals surface area contributed by atoms with E-state index in [1.807, 2.05) is 36.2 Å². The molecule has 2 aromatic heterocycles. The minimum atomic E-state index is -3.96. The van der Waals surface area contributed by atoms with Gasteiger partial charge in [-0.3, -0.25) is 14.9 Å². The van der Waals surface area contributed by atoms with Gasteiger partial charge >= 0.3 is 6.18 Å². The van der Waals surface area contributed by atoms with E-state index in [0.717, 1.165) is 48.2 Å². The van der Waals surface area contributed by atoms with E-state index < -0.39 is 18.0 Å². The van der Waals surface area contributed by atoms with Crippen LogP contribution in [0.1, 0.15) is 55.8 Å². The molecule has 1 N–H and O–H groups in total. The van der Waals surface area contributed by atoms with Gasteiger partial charge in [-0.25, -0.2) is 0 Å². The first-order valence-electron chi connectivity index (χ1n) is 12.8. The molecule has 1 saturated heterocycles. The molecule has 2 aromatic rings. The van der Waals surface area contributed by atoms with Crippen molar-refractivity contribution in [3.05, 3.63) is 72.2 Å². The summed E-state index contributed by atoms with van der Waals surface area (Å²) >= 11 is 0. The SMILES string of the molecule is C=C(/C=C\c1[nH]ncc1C)OC1CC2(C1)C(=O)N(CC(=C)N1CCCC1)c1cnccc12.CCC(F)(F)F. The molecular formula is C28H34F3N5O2. The van der Waals surface area contributed by atoms with Crippen molar-refractivity contribution in [1.29, 1.82) is 0 Å².